The Morgan fingerprint density at radius 2 is 0.803 bits per heavy atom. The van der Waals surface area contributed by atoms with Crippen LogP contribution in [-0.2, 0) is 42.2 Å². The molecule has 0 heterocycles. The minimum atomic E-state index is -4.74. The van der Waals surface area contributed by atoms with Gasteiger partial charge in [0.15, 0.2) is 6.10 Å². The number of phosphoric acid groups is 1. The molecule has 384 valence electrons. The molecule has 0 saturated carbocycles. The van der Waals surface area contributed by atoms with Crippen LogP contribution in [0.1, 0.15) is 239 Å². The Balaban J connectivity index is 4.75. The van der Waals surface area contributed by atoms with Gasteiger partial charge in [0.2, 0.25) is 0 Å². The fraction of sp³-hybridized carbons (Fsp3) is 0.796. The van der Waals surface area contributed by atoms with Gasteiger partial charge in [0.1, 0.15) is 12.7 Å². The van der Waals surface area contributed by atoms with Crippen LogP contribution in [0, 0.1) is 0 Å². The highest BCUT2D eigenvalue weighted by Crippen LogP contribution is 2.43. The number of hydrogen-bond acceptors (Lipinski definition) is 10. The number of phosphoric ester groups is 1. The third-order valence-electron chi connectivity index (χ3n) is 11.2. The lowest BCUT2D eigenvalue weighted by atomic mass is 10.0. The molecule has 0 aromatic rings. The van der Waals surface area contributed by atoms with E-state index in [9.17, 15) is 28.9 Å². The van der Waals surface area contributed by atoms with E-state index in [4.69, 9.17) is 23.3 Å². The molecule has 3 atom stereocenters. The summed E-state index contributed by atoms with van der Waals surface area (Å²) in [5.74, 6) is -1.49. The molecule has 0 aliphatic heterocycles. The van der Waals surface area contributed by atoms with Gasteiger partial charge in [0.05, 0.1) is 19.8 Å². The lowest BCUT2D eigenvalue weighted by Crippen LogP contribution is -2.30. The minimum Gasteiger partial charge on any atom is -0.462 e. The van der Waals surface area contributed by atoms with Crippen molar-refractivity contribution in [1.82, 2.24) is 0 Å². The highest BCUT2D eigenvalue weighted by Gasteiger charge is 2.28. The van der Waals surface area contributed by atoms with Crippen LogP contribution in [0.15, 0.2) is 48.6 Å². The zero-order valence-electron chi connectivity index (χ0n) is 42.2. The second-order valence-corrected chi connectivity index (χ2v) is 19.1. The average Bonchev–Trinajstić information content (AvgIpc) is 3.30. The van der Waals surface area contributed by atoms with E-state index in [0.29, 0.717) is 19.3 Å². The second-order valence-electron chi connectivity index (χ2n) is 17.7. The van der Waals surface area contributed by atoms with E-state index in [1.54, 1.807) is 0 Å². The fourth-order valence-electron chi connectivity index (χ4n) is 7.17. The van der Waals surface area contributed by atoms with E-state index in [2.05, 4.69) is 69.4 Å². The van der Waals surface area contributed by atoms with Crippen molar-refractivity contribution in [3.63, 3.8) is 0 Å². The van der Waals surface area contributed by atoms with Crippen molar-refractivity contribution in [3.05, 3.63) is 48.6 Å². The van der Waals surface area contributed by atoms with Crippen LogP contribution < -0.4 is 0 Å². The highest BCUT2D eigenvalue weighted by molar-refractivity contribution is 7.47. The molecule has 0 aliphatic carbocycles. The summed E-state index contributed by atoms with van der Waals surface area (Å²) in [6, 6.07) is 0. The zero-order chi connectivity index (χ0) is 48.4. The quantitative estimate of drug-likeness (QED) is 0.0197. The predicted molar refractivity (Wildman–Crippen MR) is 270 cm³/mol. The van der Waals surface area contributed by atoms with Crippen LogP contribution >= 0.6 is 7.82 Å². The highest BCUT2D eigenvalue weighted by atomic mass is 31.2. The second kappa shape index (κ2) is 48.9. The molecule has 11 nitrogen and oxygen atoms in total. The maximum atomic E-state index is 12.8. The molecule has 0 aromatic carbocycles. The monoisotopic (exact) mass is 953 g/mol. The number of ether oxygens (including phenoxy) is 3. The molecule has 0 spiro atoms. The Hall–Kier alpha value is -2.56. The van der Waals surface area contributed by atoms with Crippen molar-refractivity contribution < 1.29 is 52.2 Å². The van der Waals surface area contributed by atoms with Crippen LogP contribution in [0.3, 0.4) is 0 Å². The summed E-state index contributed by atoms with van der Waals surface area (Å²) in [4.78, 5) is 48.3. The van der Waals surface area contributed by atoms with E-state index in [1.165, 1.54) is 70.6 Å². The maximum Gasteiger partial charge on any atom is 0.472 e. The predicted octanol–water partition coefficient (Wildman–Crippen LogP) is 15.0. The lowest BCUT2D eigenvalue weighted by Gasteiger charge is -2.21. The molecule has 0 radical (unpaired) electrons. The zero-order valence-corrected chi connectivity index (χ0v) is 43.1. The van der Waals surface area contributed by atoms with Gasteiger partial charge >= 0.3 is 25.7 Å². The van der Waals surface area contributed by atoms with Gasteiger partial charge < -0.3 is 24.2 Å². The van der Waals surface area contributed by atoms with E-state index in [1.807, 2.05) is 0 Å². The molecular weight excluding hydrogens is 856 g/mol. The van der Waals surface area contributed by atoms with Gasteiger partial charge in [-0.05, 0) is 70.6 Å². The Labute approximate surface area is 403 Å². The molecule has 0 aliphatic rings. The first kappa shape index (κ1) is 63.4. The van der Waals surface area contributed by atoms with Crippen LogP contribution in [-0.4, -0.2) is 66.5 Å². The van der Waals surface area contributed by atoms with E-state index in [0.717, 1.165) is 109 Å². The van der Waals surface area contributed by atoms with Crippen molar-refractivity contribution in [3.8, 4) is 0 Å². The third kappa shape index (κ3) is 46.5. The van der Waals surface area contributed by atoms with Gasteiger partial charge in [-0.3, -0.25) is 23.4 Å². The van der Waals surface area contributed by atoms with Crippen LogP contribution in [0.5, 0.6) is 0 Å². The summed E-state index contributed by atoms with van der Waals surface area (Å²) >= 11 is 0. The first-order chi connectivity index (χ1) is 32.2. The fourth-order valence-corrected chi connectivity index (χ4v) is 7.96. The van der Waals surface area contributed by atoms with Crippen molar-refractivity contribution in [2.45, 2.75) is 251 Å². The Morgan fingerprint density at radius 3 is 1.27 bits per heavy atom. The Kier molecular flexibility index (Phi) is 47.0. The minimum absolute atomic E-state index is 0.166. The average molecular weight is 953 g/mol. The number of rotatable bonds is 49. The van der Waals surface area contributed by atoms with Crippen molar-refractivity contribution >= 4 is 25.7 Å². The SMILES string of the molecule is CC/C=C\C/C=C\C/C=C\CCCCCCCC(=O)OCC(COP(=O)(O)OCC(CO)OC(=O)CCCCCCC/C=C\CCCC)OC(=O)CCCCCCCCCCCCCCC. The largest absolute Gasteiger partial charge is 0.472 e. The molecule has 0 fully saturated rings. The van der Waals surface area contributed by atoms with Crippen molar-refractivity contribution in [1.29, 1.82) is 0 Å². The van der Waals surface area contributed by atoms with Crippen LogP contribution in [0.4, 0.5) is 0 Å². The molecule has 0 rings (SSSR count). The summed E-state index contributed by atoms with van der Waals surface area (Å²) in [6.07, 6.45) is 49.3. The molecule has 3 unspecified atom stereocenters. The maximum absolute atomic E-state index is 12.8. The molecule has 0 saturated heterocycles. The number of aliphatic hydroxyl groups is 1. The molecule has 66 heavy (non-hydrogen) atoms. The van der Waals surface area contributed by atoms with Crippen LogP contribution in [0.25, 0.3) is 0 Å². The summed E-state index contributed by atoms with van der Waals surface area (Å²) in [6.45, 7) is 4.46. The standard InChI is InChI=1S/C54H97O11P/c1-4-7-10-13-16-19-22-24-25-27-29-31-34-37-40-43-52(56)61-47-51(65-54(58)45-42-39-36-33-30-26-23-20-17-14-11-8-5-2)49-63-66(59,60)62-48-50(46-55)64-53(57)44-41-38-35-32-28-21-18-15-12-9-6-3/h7,10,15-16,18-19,24-25,50-51,55H,4-6,8-9,11-14,17,20-23,26-49H2,1-3H3,(H,59,60)/b10-7-,18-15-,19-16-,25-24-. The Morgan fingerprint density at radius 1 is 0.439 bits per heavy atom. The first-order valence-corrected chi connectivity index (χ1v) is 28.0. The van der Waals surface area contributed by atoms with Crippen LogP contribution in [0.2, 0.25) is 0 Å². The van der Waals surface area contributed by atoms with E-state index in [-0.39, 0.29) is 25.9 Å². The van der Waals surface area contributed by atoms with Gasteiger partial charge in [-0.25, -0.2) is 4.57 Å². The van der Waals surface area contributed by atoms with Gasteiger partial charge in [0.25, 0.3) is 0 Å². The summed E-state index contributed by atoms with van der Waals surface area (Å²) in [5, 5.41) is 9.76. The lowest BCUT2D eigenvalue weighted by molar-refractivity contribution is -0.161. The van der Waals surface area contributed by atoms with E-state index < -0.39 is 57.8 Å². The smallest absolute Gasteiger partial charge is 0.462 e. The molecule has 12 heteroatoms. The number of carbonyl (C=O) groups is 3. The first-order valence-electron chi connectivity index (χ1n) is 26.5. The number of aliphatic hydroxyl groups excluding tert-OH is 1. The molecule has 0 amide bonds. The molecular formula is C54H97O11P. The van der Waals surface area contributed by atoms with Gasteiger partial charge in [-0.1, -0.05) is 198 Å². The molecule has 2 N–H and O–H groups in total. The Bertz CT molecular complexity index is 1300. The summed E-state index contributed by atoms with van der Waals surface area (Å²) in [7, 11) is -4.74. The van der Waals surface area contributed by atoms with Crippen molar-refractivity contribution in [2.24, 2.45) is 0 Å². The van der Waals surface area contributed by atoms with Gasteiger partial charge in [-0.15, -0.1) is 0 Å². The van der Waals surface area contributed by atoms with E-state index >= 15 is 0 Å². The van der Waals surface area contributed by atoms with Crippen molar-refractivity contribution in [2.75, 3.05) is 26.4 Å². The number of hydrogen-bond donors (Lipinski definition) is 2. The summed E-state index contributed by atoms with van der Waals surface area (Å²) < 4.78 is 39.3. The normalized spacial score (nSPS) is 13.8. The number of allylic oxidation sites excluding steroid dienone is 8. The number of unbranched alkanes of at least 4 members (excludes halogenated alkanes) is 24. The number of carbonyl (C=O) groups excluding carboxylic acids is 3. The molecule has 0 aromatic heterocycles. The number of esters is 3. The van der Waals surface area contributed by atoms with Gasteiger partial charge in [-0.2, -0.15) is 0 Å². The molecule has 0 bridgehead atoms. The summed E-state index contributed by atoms with van der Waals surface area (Å²) in [5.41, 5.74) is 0. The van der Waals surface area contributed by atoms with Gasteiger partial charge in [0, 0.05) is 19.3 Å². The third-order valence-corrected chi connectivity index (χ3v) is 12.2. The topological polar surface area (TPSA) is 155 Å².